The van der Waals surface area contributed by atoms with E-state index in [1.54, 1.807) is 18.2 Å². The molecule has 216 valence electrons. The monoisotopic (exact) mass is 568 g/mol. The standard InChI is InChI=1S/C31H41FN4O3S/c1-5-35-30(40-19-22(4)34)28-13-11-25(16-29(28)32)36-18-27(39-31(36)38)9-7-6-8-26(37)12-10-23-14-21(3)24(17-33)15-20(23)2/h10-13,15-17,20-21,23,27,33H,4-9,14,18-19,34H2,1-3H3/b12-10+,33-17?,35-30?. The highest BCUT2D eigenvalue weighted by Gasteiger charge is 2.32. The average Bonchev–Trinajstić information content (AvgIpc) is 3.29. The van der Waals surface area contributed by atoms with E-state index in [1.165, 1.54) is 28.9 Å². The van der Waals surface area contributed by atoms with Crippen LogP contribution in [0.5, 0.6) is 0 Å². The minimum absolute atomic E-state index is 0.0993. The summed E-state index contributed by atoms with van der Waals surface area (Å²) in [6.07, 6.45) is 9.98. The van der Waals surface area contributed by atoms with Crippen LogP contribution in [0.25, 0.3) is 0 Å². The molecule has 1 heterocycles. The number of nitrogens with zero attached hydrogens (tertiary/aromatic N) is 2. The van der Waals surface area contributed by atoms with Crippen molar-refractivity contribution in [1.82, 2.24) is 0 Å². The molecule has 1 aliphatic carbocycles. The molecule has 7 nitrogen and oxygen atoms in total. The Balaban J connectivity index is 1.47. The fourth-order valence-electron chi connectivity index (χ4n) is 5.02. The van der Waals surface area contributed by atoms with E-state index in [9.17, 15) is 9.59 Å². The summed E-state index contributed by atoms with van der Waals surface area (Å²) in [5.74, 6) is 1.01. The van der Waals surface area contributed by atoms with E-state index in [0.29, 0.717) is 77.9 Å². The van der Waals surface area contributed by atoms with Gasteiger partial charge in [-0.1, -0.05) is 44.3 Å². The SMILES string of the molecule is C=C(N)CSC(=NCC)c1ccc(N2CC(CCCCC(=O)/C=C/C3CC(C)C(C=N)=CC3C)OC2=O)cc1F. The molecular weight excluding hydrogens is 527 g/mol. The normalized spacial score (nSPS) is 23.3. The van der Waals surface area contributed by atoms with Crippen molar-refractivity contribution in [3.8, 4) is 0 Å². The van der Waals surface area contributed by atoms with Gasteiger partial charge in [-0.25, -0.2) is 9.18 Å². The number of anilines is 1. The molecule has 4 atom stereocenters. The van der Waals surface area contributed by atoms with E-state index in [0.717, 1.165) is 18.4 Å². The van der Waals surface area contributed by atoms with E-state index in [1.807, 2.05) is 13.0 Å². The number of unbranched alkanes of at least 4 members (excludes halogenated alkanes) is 1. The highest BCUT2D eigenvalue weighted by Crippen LogP contribution is 2.33. The molecule has 0 aromatic heterocycles. The Kier molecular flexibility index (Phi) is 11.7. The number of benzene rings is 1. The van der Waals surface area contributed by atoms with Gasteiger partial charge >= 0.3 is 6.09 Å². The third kappa shape index (κ3) is 8.65. The molecule has 1 amide bonds. The first-order valence-corrected chi connectivity index (χ1v) is 14.9. The van der Waals surface area contributed by atoms with Crippen LogP contribution < -0.4 is 10.6 Å². The second-order valence-electron chi connectivity index (χ2n) is 10.5. The molecule has 3 N–H and O–H groups in total. The molecule has 0 spiro atoms. The first kappa shape index (κ1) is 31.3. The Morgan fingerprint density at radius 2 is 2.12 bits per heavy atom. The highest BCUT2D eigenvalue weighted by atomic mass is 32.2. The van der Waals surface area contributed by atoms with Crippen LogP contribution in [-0.4, -0.2) is 48.1 Å². The van der Waals surface area contributed by atoms with Gasteiger partial charge in [0, 0.05) is 36.2 Å². The van der Waals surface area contributed by atoms with Gasteiger partial charge in [-0.3, -0.25) is 14.7 Å². The molecule has 1 aromatic carbocycles. The summed E-state index contributed by atoms with van der Waals surface area (Å²) in [5.41, 5.74) is 8.00. The van der Waals surface area contributed by atoms with Gasteiger partial charge in [-0.15, -0.1) is 0 Å². The summed E-state index contributed by atoms with van der Waals surface area (Å²) in [6.45, 7) is 10.6. The molecular formula is C31H41FN4O3S. The molecule has 1 saturated heterocycles. The molecule has 1 fully saturated rings. The minimum Gasteiger partial charge on any atom is -0.444 e. The topological polar surface area (TPSA) is 109 Å². The summed E-state index contributed by atoms with van der Waals surface area (Å²) in [7, 11) is 0. The Morgan fingerprint density at radius 3 is 2.80 bits per heavy atom. The number of carbonyl (C=O) groups excluding carboxylic acids is 2. The first-order chi connectivity index (χ1) is 19.1. The first-order valence-electron chi connectivity index (χ1n) is 13.9. The summed E-state index contributed by atoms with van der Waals surface area (Å²) in [6, 6.07) is 4.66. The van der Waals surface area contributed by atoms with Crippen LogP contribution in [0.2, 0.25) is 0 Å². The zero-order chi connectivity index (χ0) is 29.2. The molecule has 0 radical (unpaired) electrons. The Bertz CT molecular complexity index is 1200. The lowest BCUT2D eigenvalue weighted by Crippen LogP contribution is -2.24. The number of allylic oxidation sites excluding steroid dienone is 4. The van der Waals surface area contributed by atoms with Crippen LogP contribution >= 0.6 is 11.8 Å². The van der Waals surface area contributed by atoms with E-state index in [-0.39, 0.29) is 11.9 Å². The van der Waals surface area contributed by atoms with Gasteiger partial charge in [0.1, 0.15) is 17.0 Å². The lowest BCUT2D eigenvalue weighted by molar-refractivity contribution is -0.114. The molecule has 0 saturated carbocycles. The van der Waals surface area contributed by atoms with Crippen molar-refractivity contribution in [3.05, 3.63) is 65.7 Å². The Morgan fingerprint density at radius 1 is 1.35 bits per heavy atom. The molecule has 4 unspecified atom stereocenters. The maximum absolute atomic E-state index is 15.0. The number of cyclic esters (lactones) is 1. The van der Waals surface area contributed by atoms with Crippen molar-refractivity contribution in [2.24, 2.45) is 28.5 Å². The van der Waals surface area contributed by atoms with Crippen molar-refractivity contribution in [2.75, 3.05) is 23.7 Å². The van der Waals surface area contributed by atoms with E-state index in [2.05, 4.69) is 31.5 Å². The molecule has 1 aliphatic heterocycles. The molecule has 3 rings (SSSR count). The number of amides is 1. The van der Waals surface area contributed by atoms with Gasteiger partial charge in [0.2, 0.25) is 0 Å². The van der Waals surface area contributed by atoms with Crippen molar-refractivity contribution < 1.29 is 18.7 Å². The van der Waals surface area contributed by atoms with Crippen LogP contribution in [-0.2, 0) is 9.53 Å². The number of carbonyl (C=O) groups is 2. The number of ketones is 1. The number of nitrogens with two attached hydrogens (primary N) is 1. The fraction of sp³-hybridized carbons (Fsp3) is 0.484. The van der Waals surface area contributed by atoms with Gasteiger partial charge < -0.3 is 15.9 Å². The Hall–Kier alpha value is -3.20. The number of halogens is 1. The third-order valence-electron chi connectivity index (χ3n) is 7.29. The summed E-state index contributed by atoms with van der Waals surface area (Å²) >= 11 is 1.33. The maximum Gasteiger partial charge on any atom is 0.414 e. The molecule has 9 heteroatoms. The molecule has 40 heavy (non-hydrogen) atoms. The number of nitrogens with one attached hydrogen (secondary N) is 1. The lowest BCUT2D eigenvalue weighted by atomic mass is 9.76. The third-order valence-corrected chi connectivity index (χ3v) is 8.42. The fourth-order valence-corrected chi connectivity index (χ4v) is 5.88. The number of thioether (sulfide) groups is 1. The predicted molar refractivity (Wildman–Crippen MR) is 163 cm³/mol. The second-order valence-corrected chi connectivity index (χ2v) is 11.5. The summed E-state index contributed by atoms with van der Waals surface area (Å²) in [5, 5.41) is 8.06. The number of hydrogen-bond donors (Lipinski definition) is 2. The van der Waals surface area contributed by atoms with Crippen molar-refractivity contribution in [2.45, 2.75) is 59.0 Å². The second kappa shape index (κ2) is 15.0. The minimum atomic E-state index is -0.497. The van der Waals surface area contributed by atoms with Crippen molar-refractivity contribution in [1.29, 1.82) is 5.41 Å². The van der Waals surface area contributed by atoms with Crippen molar-refractivity contribution in [3.63, 3.8) is 0 Å². The molecule has 1 aromatic rings. The summed E-state index contributed by atoms with van der Waals surface area (Å²) < 4.78 is 20.5. The number of ether oxygens (including phenoxy) is 1. The largest absolute Gasteiger partial charge is 0.444 e. The number of hydrogen-bond acceptors (Lipinski definition) is 7. The maximum atomic E-state index is 15.0. The number of rotatable bonds is 13. The number of aliphatic imine (C=N–C) groups is 1. The van der Waals surface area contributed by atoms with Gasteiger partial charge in [-0.05, 0) is 80.2 Å². The lowest BCUT2D eigenvalue weighted by Gasteiger charge is -2.28. The average molecular weight is 569 g/mol. The highest BCUT2D eigenvalue weighted by molar-refractivity contribution is 8.14. The quantitative estimate of drug-likeness (QED) is 0.119. The van der Waals surface area contributed by atoms with Crippen LogP contribution in [0.15, 0.2) is 59.3 Å². The predicted octanol–water partition coefficient (Wildman–Crippen LogP) is 6.68. The van der Waals surface area contributed by atoms with Crippen LogP contribution in [0.1, 0.15) is 58.4 Å². The molecule has 0 bridgehead atoms. The van der Waals surface area contributed by atoms with Gasteiger partial charge in [-0.2, -0.15) is 0 Å². The van der Waals surface area contributed by atoms with Gasteiger partial charge in [0.05, 0.1) is 12.2 Å². The van der Waals surface area contributed by atoms with Crippen LogP contribution in [0.4, 0.5) is 14.9 Å². The van der Waals surface area contributed by atoms with Crippen LogP contribution in [0, 0.1) is 29.0 Å². The zero-order valence-electron chi connectivity index (χ0n) is 23.7. The van der Waals surface area contributed by atoms with Crippen LogP contribution in [0.3, 0.4) is 0 Å². The molecule has 2 aliphatic rings. The van der Waals surface area contributed by atoms with E-state index in [4.69, 9.17) is 15.9 Å². The Labute approximate surface area is 241 Å². The van der Waals surface area contributed by atoms with E-state index < -0.39 is 11.9 Å². The summed E-state index contributed by atoms with van der Waals surface area (Å²) in [4.78, 5) is 30.8. The van der Waals surface area contributed by atoms with Gasteiger partial charge in [0.25, 0.3) is 0 Å². The zero-order valence-corrected chi connectivity index (χ0v) is 24.5. The smallest absolute Gasteiger partial charge is 0.414 e. The van der Waals surface area contributed by atoms with Gasteiger partial charge in [0.15, 0.2) is 5.78 Å². The van der Waals surface area contributed by atoms with E-state index >= 15 is 4.39 Å². The van der Waals surface area contributed by atoms with Crippen molar-refractivity contribution >= 4 is 40.6 Å².